The third-order valence-electron chi connectivity index (χ3n) is 3.31. The largest absolute Gasteiger partial charge is 0.624 e. The minimum absolute atomic E-state index is 0.0236. The van der Waals surface area contributed by atoms with Gasteiger partial charge in [0.15, 0.2) is 12.3 Å². The molecule has 2 rings (SSSR count). The third kappa shape index (κ3) is 3.33. The summed E-state index contributed by atoms with van der Waals surface area (Å²) in [6, 6.07) is 10.5. The predicted molar refractivity (Wildman–Crippen MR) is 74.7 cm³/mol. The van der Waals surface area contributed by atoms with Crippen molar-refractivity contribution in [2.75, 3.05) is 13.1 Å². The Kier molecular flexibility index (Phi) is 3.71. The first kappa shape index (κ1) is 13.1. The van der Waals surface area contributed by atoms with Crippen LogP contribution in [0.25, 0.3) is 0 Å². The molecule has 0 saturated carbocycles. The second-order valence-corrected chi connectivity index (χ2v) is 5.98. The molecule has 0 bridgehead atoms. The van der Waals surface area contributed by atoms with Crippen molar-refractivity contribution in [2.45, 2.75) is 33.4 Å². The maximum atomic E-state index is 11.9. The molecule has 0 saturated heterocycles. The molecule has 18 heavy (non-hydrogen) atoms. The van der Waals surface area contributed by atoms with Crippen LogP contribution in [-0.2, 0) is 6.54 Å². The van der Waals surface area contributed by atoms with Gasteiger partial charge in [-0.25, -0.2) is 4.74 Å². The summed E-state index contributed by atoms with van der Waals surface area (Å²) in [7, 11) is 0. The molecule has 0 N–H and O–H groups in total. The smallest absolute Gasteiger partial charge is 0.172 e. The molecule has 0 spiro atoms. The van der Waals surface area contributed by atoms with E-state index < -0.39 is 0 Å². The molecule has 0 fully saturated rings. The van der Waals surface area contributed by atoms with E-state index in [0.29, 0.717) is 0 Å². The Balaban J connectivity index is 2.11. The normalized spacial score (nSPS) is 24.4. The van der Waals surface area contributed by atoms with Gasteiger partial charge in [-0.05, 0) is 26.3 Å². The summed E-state index contributed by atoms with van der Waals surface area (Å²) in [5.41, 5.74) is 1.24. The lowest BCUT2D eigenvalue weighted by Crippen LogP contribution is -2.36. The van der Waals surface area contributed by atoms with Gasteiger partial charge in [0, 0.05) is 13.1 Å². The number of hydrogen-bond acceptors (Lipinski definition) is 2. The zero-order valence-electron chi connectivity index (χ0n) is 11.5. The van der Waals surface area contributed by atoms with Crippen molar-refractivity contribution in [2.24, 2.45) is 5.41 Å². The minimum Gasteiger partial charge on any atom is -0.624 e. The molecule has 0 aromatic heterocycles. The average Bonchev–Trinajstić information content (AvgIpc) is 2.37. The summed E-state index contributed by atoms with van der Waals surface area (Å²) in [6.07, 6.45) is 1.82. The molecule has 1 aromatic rings. The lowest BCUT2D eigenvalue weighted by atomic mass is 9.94. The maximum Gasteiger partial charge on any atom is 0.172 e. The molecular weight excluding hydrogens is 224 g/mol. The summed E-state index contributed by atoms with van der Waals surface area (Å²) < 4.78 is 1.12. The van der Waals surface area contributed by atoms with Crippen LogP contribution in [0.15, 0.2) is 30.3 Å². The van der Waals surface area contributed by atoms with Crippen molar-refractivity contribution in [1.29, 1.82) is 0 Å². The van der Waals surface area contributed by atoms with E-state index in [1.165, 1.54) is 5.56 Å². The Morgan fingerprint density at radius 2 is 2.00 bits per heavy atom. The molecule has 1 heterocycles. The first-order valence-electron chi connectivity index (χ1n) is 6.54. The molecule has 98 valence electrons. The number of hydrogen-bond donors (Lipinski definition) is 0. The fraction of sp³-hybridized carbons (Fsp3) is 0.533. The van der Waals surface area contributed by atoms with Crippen LogP contribution in [-0.4, -0.2) is 35.0 Å². The molecule has 1 atom stereocenters. The molecule has 0 radical (unpaired) electrons. The fourth-order valence-electron chi connectivity index (χ4n) is 2.57. The standard InChI is InChI=1S/C15H22N2O/c1-13-9-16(10-14-7-5-4-6-8-14)11-15(2,3)12-17(13)18/h4-8,12-13H,9-11H2,1-3H3. The molecule has 1 unspecified atom stereocenters. The lowest BCUT2D eigenvalue weighted by Gasteiger charge is -2.26. The van der Waals surface area contributed by atoms with Crippen molar-refractivity contribution in [3.8, 4) is 0 Å². The summed E-state index contributed by atoms with van der Waals surface area (Å²) in [6.45, 7) is 8.88. The molecule has 0 amide bonds. The number of hydroxylamine groups is 1. The second kappa shape index (κ2) is 5.11. The first-order valence-corrected chi connectivity index (χ1v) is 6.54. The molecular formula is C15H22N2O. The Morgan fingerprint density at radius 1 is 1.33 bits per heavy atom. The Hall–Kier alpha value is -1.35. The van der Waals surface area contributed by atoms with E-state index in [0.717, 1.165) is 24.4 Å². The van der Waals surface area contributed by atoms with Crippen molar-refractivity contribution >= 4 is 6.21 Å². The van der Waals surface area contributed by atoms with Crippen LogP contribution in [0.5, 0.6) is 0 Å². The van der Waals surface area contributed by atoms with Crippen LogP contribution in [0.3, 0.4) is 0 Å². The van der Waals surface area contributed by atoms with Gasteiger partial charge in [-0.2, -0.15) is 0 Å². The van der Waals surface area contributed by atoms with E-state index in [1.807, 2.05) is 19.2 Å². The minimum atomic E-state index is -0.0682. The van der Waals surface area contributed by atoms with Crippen LogP contribution in [0.1, 0.15) is 26.3 Å². The predicted octanol–water partition coefficient (Wildman–Crippen LogP) is 2.50. The molecule has 3 heteroatoms. The van der Waals surface area contributed by atoms with Crippen LogP contribution >= 0.6 is 0 Å². The van der Waals surface area contributed by atoms with Gasteiger partial charge in [0.25, 0.3) is 0 Å². The highest BCUT2D eigenvalue weighted by atomic mass is 16.5. The van der Waals surface area contributed by atoms with Gasteiger partial charge in [-0.15, -0.1) is 0 Å². The second-order valence-electron chi connectivity index (χ2n) is 5.98. The van der Waals surface area contributed by atoms with Gasteiger partial charge in [-0.1, -0.05) is 30.3 Å². The third-order valence-corrected chi connectivity index (χ3v) is 3.31. The SMILES string of the molecule is CC1CN(Cc2ccccc2)CC(C)(C)C=[N+]1[O-]. The van der Waals surface area contributed by atoms with Crippen molar-refractivity contribution in [3.63, 3.8) is 0 Å². The van der Waals surface area contributed by atoms with E-state index >= 15 is 0 Å². The van der Waals surface area contributed by atoms with E-state index in [-0.39, 0.29) is 11.5 Å². The van der Waals surface area contributed by atoms with E-state index in [1.54, 1.807) is 0 Å². The van der Waals surface area contributed by atoms with E-state index in [9.17, 15) is 5.21 Å². The van der Waals surface area contributed by atoms with Gasteiger partial charge in [0.2, 0.25) is 0 Å². The first-order chi connectivity index (χ1) is 8.46. The van der Waals surface area contributed by atoms with Crippen LogP contribution < -0.4 is 0 Å². The Labute approximate surface area is 109 Å². The van der Waals surface area contributed by atoms with E-state index in [2.05, 4.69) is 43.0 Å². The quantitative estimate of drug-likeness (QED) is 0.592. The monoisotopic (exact) mass is 246 g/mol. The molecule has 3 nitrogen and oxygen atoms in total. The van der Waals surface area contributed by atoms with E-state index in [4.69, 9.17) is 0 Å². The average molecular weight is 246 g/mol. The van der Waals surface area contributed by atoms with Crippen LogP contribution in [0.4, 0.5) is 0 Å². The highest BCUT2D eigenvalue weighted by molar-refractivity contribution is 5.60. The zero-order chi connectivity index (χ0) is 13.2. The number of benzene rings is 1. The lowest BCUT2D eigenvalue weighted by molar-refractivity contribution is -0.493. The summed E-state index contributed by atoms with van der Waals surface area (Å²) in [5, 5.41) is 11.9. The summed E-state index contributed by atoms with van der Waals surface area (Å²) in [4.78, 5) is 2.37. The Morgan fingerprint density at radius 3 is 2.67 bits per heavy atom. The summed E-state index contributed by atoms with van der Waals surface area (Å²) in [5.74, 6) is 0. The van der Waals surface area contributed by atoms with Crippen molar-refractivity contribution < 1.29 is 4.74 Å². The zero-order valence-corrected chi connectivity index (χ0v) is 11.5. The summed E-state index contributed by atoms with van der Waals surface area (Å²) >= 11 is 0. The highest BCUT2D eigenvalue weighted by Crippen LogP contribution is 2.20. The molecule has 1 aromatic carbocycles. The molecule has 1 aliphatic heterocycles. The van der Waals surface area contributed by atoms with Crippen LogP contribution in [0.2, 0.25) is 0 Å². The number of rotatable bonds is 2. The fourth-order valence-corrected chi connectivity index (χ4v) is 2.57. The number of nitrogens with zero attached hydrogens (tertiary/aromatic N) is 2. The van der Waals surface area contributed by atoms with Gasteiger partial charge in [0.05, 0.1) is 12.0 Å². The molecule has 0 aliphatic carbocycles. The van der Waals surface area contributed by atoms with Gasteiger partial charge >= 0.3 is 0 Å². The topological polar surface area (TPSA) is 29.3 Å². The van der Waals surface area contributed by atoms with Crippen molar-refractivity contribution in [3.05, 3.63) is 41.1 Å². The van der Waals surface area contributed by atoms with Gasteiger partial charge in [0.1, 0.15) is 0 Å². The maximum absolute atomic E-state index is 11.9. The van der Waals surface area contributed by atoms with Gasteiger partial charge in [-0.3, -0.25) is 4.90 Å². The van der Waals surface area contributed by atoms with Crippen LogP contribution in [0, 0.1) is 10.6 Å². The highest BCUT2D eigenvalue weighted by Gasteiger charge is 2.30. The Bertz CT molecular complexity index is 425. The van der Waals surface area contributed by atoms with Gasteiger partial charge < -0.3 is 5.21 Å². The molecule has 1 aliphatic rings. The van der Waals surface area contributed by atoms with Crippen molar-refractivity contribution in [1.82, 2.24) is 4.90 Å².